The van der Waals surface area contributed by atoms with Gasteiger partial charge in [0.15, 0.2) is 0 Å². The lowest BCUT2D eigenvalue weighted by Gasteiger charge is -2.29. The summed E-state index contributed by atoms with van der Waals surface area (Å²) in [5.74, 6) is -2.53. The van der Waals surface area contributed by atoms with Crippen LogP contribution in [0.4, 0.5) is 0 Å². The molecule has 2 amide bonds. The van der Waals surface area contributed by atoms with Crippen molar-refractivity contribution in [3.8, 4) is 0 Å². The van der Waals surface area contributed by atoms with Gasteiger partial charge in [-0.05, 0) is 13.3 Å². The van der Waals surface area contributed by atoms with Gasteiger partial charge in [0.05, 0.1) is 25.0 Å². The number of carboxylic acid groups (broad SMARTS) is 1. The summed E-state index contributed by atoms with van der Waals surface area (Å²) in [6.07, 6.45) is 0.361. The summed E-state index contributed by atoms with van der Waals surface area (Å²) in [5.41, 5.74) is 0. The molecular formula is C12H18N2O5. The van der Waals surface area contributed by atoms with Crippen molar-refractivity contribution in [2.24, 2.45) is 11.8 Å². The lowest BCUT2D eigenvalue weighted by Crippen LogP contribution is -2.50. The van der Waals surface area contributed by atoms with E-state index in [-0.39, 0.29) is 11.8 Å². The first-order valence-corrected chi connectivity index (χ1v) is 6.40. The van der Waals surface area contributed by atoms with Crippen molar-refractivity contribution in [2.75, 3.05) is 26.3 Å². The Morgan fingerprint density at radius 1 is 1.26 bits per heavy atom. The van der Waals surface area contributed by atoms with Gasteiger partial charge in [0, 0.05) is 13.1 Å². The number of amides is 2. The Kier molecular flexibility index (Phi) is 4.04. The summed E-state index contributed by atoms with van der Waals surface area (Å²) in [6.45, 7) is 3.69. The lowest BCUT2D eigenvalue weighted by atomic mass is 10.2. The summed E-state index contributed by atoms with van der Waals surface area (Å²) in [4.78, 5) is 36.1. The molecule has 1 heterocycles. The van der Waals surface area contributed by atoms with E-state index in [1.165, 1.54) is 0 Å². The minimum atomic E-state index is -0.952. The molecule has 106 valence electrons. The Balaban J connectivity index is 1.80. The van der Waals surface area contributed by atoms with Crippen molar-refractivity contribution in [3.05, 3.63) is 0 Å². The van der Waals surface area contributed by atoms with E-state index in [0.29, 0.717) is 32.7 Å². The third-order valence-electron chi connectivity index (χ3n) is 3.50. The molecule has 1 saturated heterocycles. The molecule has 0 spiro atoms. The quantitative estimate of drug-likeness (QED) is 0.688. The number of nitrogens with one attached hydrogen (secondary N) is 1. The average Bonchev–Trinajstić information content (AvgIpc) is 3.19. The molecule has 2 rings (SSSR count). The molecule has 0 bridgehead atoms. The summed E-state index contributed by atoms with van der Waals surface area (Å²) < 4.78 is 5.15. The second kappa shape index (κ2) is 5.56. The van der Waals surface area contributed by atoms with Crippen LogP contribution in [0.1, 0.15) is 13.3 Å². The van der Waals surface area contributed by atoms with Crippen LogP contribution in [0.3, 0.4) is 0 Å². The van der Waals surface area contributed by atoms with Gasteiger partial charge in [-0.1, -0.05) is 0 Å². The molecule has 7 nitrogen and oxygen atoms in total. The van der Waals surface area contributed by atoms with E-state index < -0.39 is 23.8 Å². The molecule has 1 saturated carbocycles. The normalized spacial score (nSPS) is 27.5. The van der Waals surface area contributed by atoms with E-state index in [2.05, 4.69) is 5.32 Å². The number of ether oxygens (including phenoxy) is 1. The second-order valence-electron chi connectivity index (χ2n) is 4.95. The van der Waals surface area contributed by atoms with Gasteiger partial charge < -0.3 is 20.1 Å². The molecule has 0 aromatic heterocycles. The zero-order valence-electron chi connectivity index (χ0n) is 10.8. The van der Waals surface area contributed by atoms with E-state index in [9.17, 15) is 14.4 Å². The van der Waals surface area contributed by atoms with Crippen LogP contribution in [0, 0.1) is 11.8 Å². The lowest BCUT2D eigenvalue weighted by molar-refractivity contribution is -0.141. The molecule has 2 fully saturated rings. The molecule has 7 heteroatoms. The topological polar surface area (TPSA) is 95.9 Å². The number of hydrogen-bond donors (Lipinski definition) is 2. The van der Waals surface area contributed by atoms with E-state index in [1.807, 2.05) is 0 Å². The highest BCUT2D eigenvalue weighted by Gasteiger charge is 2.48. The third-order valence-corrected chi connectivity index (χ3v) is 3.50. The first-order valence-electron chi connectivity index (χ1n) is 6.40. The van der Waals surface area contributed by atoms with Crippen molar-refractivity contribution in [3.63, 3.8) is 0 Å². The Labute approximate surface area is 110 Å². The second-order valence-corrected chi connectivity index (χ2v) is 4.95. The van der Waals surface area contributed by atoms with E-state index in [4.69, 9.17) is 9.84 Å². The van der Waals surface area contributed by atoms with E-state index in [0.717, 1.165) is 0 Å². The number of aliphatic carboxylic acids is 1. The number of carboxylic acids is 1. The van der Waals surface area contributed by atoms with Crippen molar-refractivity contribution < 1.29 is 24.2 Å². The molecule has 2 N–H and O–H groups in total. The predicted molar refractivity (Wildman–Crippen MR) is 64.2 cm³/mol. The molecule has 0 aromatic carbocycles. The van der Waals surface area contributed by atoms with Gasteiger partial charge in [-0.3, -0.25) is 14.4 Å². The van der Waals surface area contributed by atoms with Crippen LogP contribution >= 0.6 is 0 Å². The highest BCUT2D eigenvalue weighted by molar-refractivity contribution is 5.93. The zero-order valence-corrected chi connectivity index (χ0v) is 10.8. The van der Waals surface area contributed by atoms with Crippen LogP contribution in [-0.2, 0) is 19.1 Å². The summed E-state index contributed by atoms with van der Waals surface area (Å²) >= 11 is 0. The van der Waals surface area contributed by atoms with Gasteiger partial charge in [0.1, 0.15) is 6.04 Å². The maximum absolute atomic E-state index is 12.0. The molecule has 19 heavy (non-hydrogen) atoms. The predicted octanol–water partition coefficient (Wildman–Crippen LogP) is -0.929. The summed E-state index contributed by atoms with van der Waals surface area (Å²) in [5, 5.41) is 11.3. The van der Waals surface area contributed by atoms with Crippen molar-refractivity contribution >= 4 is 17.8 Å². The monoisotopic (exact) mass is 270 g/mol. The molecular weight excluding hydrogens is 252 g/mol. The van der Waals surface area contributed by atoms with Gasteiger partial charge in [0.2, 0.25) is 11.8 Å². The molecule has 0 aromatic rings. The van der Waals surface area contributed by atoms with Crippen LogP contribution in [0.25, 0.3) is 0 Å². The first-order chi connectivity index (χ1) is 9.00. The average molecular weight is 270 g/mol. The van der Waals surface area contributed by atoms with Crippen LogP contribution in [-0.4, -0.2) is 60.1 Å². The highest BCUT2D eigenvalue weighted by atomic mass is 16.5. The van der Waals surface area contributed by atoms with Gasteiger partial charge in [-0.2, -0.15) is 0 Å². The number of morpholine rings is 1. The standard InChI is InChI=1S/C12H18N2O5/c1-7(11(16)14-2-4-19-5-3-14)13-10(15)8-6-9(8)12(17)18/h7-9H,2-6H2,1H3,(H,13,15)(H,17,18). The number of hydrogen-bond acceptors (Lipinski definition) is 4. The molecule has 0 radical (unpaired) electrons. The van der Waals surface area contributed by atoms with Crippen LogP contribution < -0.4 is 5.32 Å². The Bertz CT molecular complexity index is 392. The fourth-order valence-corrected chi connectivity index (χ4v) is 2.20. The van der Waals surface area contributed by atoms with Crippen LogP contribution in [0.15, 0.2) is 0 Å². The molecule has 3 unspecified atom stereocenters. The maximum Gasteiger partial charge on any atom is 0.307 e. The number of carbonyl (C=O) groups is 3. The number of nitrogens with zero attached hydrogens (tertiary/aromatic N) is 1. The fourth-order valence-electron chi connectivity index (χ4n) is 2.20. The molecule has 1 aliphatic carbocycles. The Hall–Kier alpha value is -1.63. The number of carbonyl (C=O) groups excluding carboxylic acids is 2. The SMILES string of the molecule is CC(NC(=O)C1CC1C(=O)O)C(=O)N1CCOCC1. The first kappa shape index (κ1) is 13.8. The Morgan fingerprint density at radius 3 is 2.42 bits per heavy atom. The van der Waals surface area contributed by atoms with E-state index >= 15 is 0 Å². The number of rotatable bonds is 4. The van der Waals surface area contributed by atoms with Crippen LogP contribution in [0.2, 0.25) is 0 Å². The van der Waals surface area contributed by atoms with Crippen molar-refractivity contribution in [2.45, 2.75) is 19.4 Å². The van der Waals surface area contributed by atoms with Gasteiger partial charge in [-0.25, -0.2) is 0 Å². The molecule has 3 atom stereocenters. The zero-order chi connectivity index (χ0) is 14.0. The van der Waals surface area contributed by atoms with Gasteiger partial charge in [0.25, 0.3) is 0 Å². The van der Waals surface area contributed by atoms with E-state index in [1.54, 1.807) is 11.8 Å². The van der Waals surface area contributed by atoms with Crippen molar-refractivity contribution in [1.29, 1.82) is 0 Å². The minimum absolute atomic E-state index is 0.149. The fraction of sp³-hybridized carbons (Fsp3) is 0.750. The smallest absolute Gasteiger partial charge is 0.307 e. The summed E-state index contributed by atoms with van der Waals surface area (Å²) in [6, 6.07) is -0.624. The largest absolute Gasteiger partial charge is 0.481 e. The minimum Gasteiger partial charge on any atom is -0.481 e. The highest BCUT2D eigenvalue weighted by Crippen LogP contribution is 2.38. The maximum atomic E-state index is 12.0. The van der Waals surface area contributed by atoms with Crippen molar-refractivity contribution in [1.82, 2.24) is 10.2 Å². The molecule has 1 aliphatic heterocycles. The molecule has 2 aliphatic rings. The Morgan fingerprint density at radius 2 is 1.89 bits per heavy atom. The van der Waals surface area contributed by atoms with Gasteiger partial charge in [-0.15, -0.1) is 0 Å². The van der Waals surface area contributed by atoms with Gasteiger partial charge >= 0.3 is 5.97 Å². The third kappa shape index (κ3) is 3.23. The van der Waals surface area contributed by atoms with Crippen LogP contribution in [0.5, 0.6) is 0 Å². The summed E-state index contributed by atoms with van der Waals surface area (Å²) in [7, 11) is 0.